The van der Waals surface area contributed by atoms with Crippen LogP contribution in [0.3, 0.4) is 0 Å². The van der Waals surface area contributed by atoms with Gasteiger partial charge in [-0.3, -0.25) is 9.59 Å². The van der Waals surface area contributed by atoms with E-state index in [0.717, 1.165) is 12.1 Å². The number of nitrogens with one attached hydrogen (secondary N) is 4. The van der Waals surface area contributed by atoms with Crippen molar-refractivity contribution in [2.24, 2.45) is 0 Å². The van der Waals surface area contributed by atoms with Crippen molar-refractivity contribution in [3.05, 3.63) is 64.1 Å². The van der Waals surface area contributed by atoms with Gasteiger partial charge in [-0.15, -0.1) is 0 Å². The van der Waals surface area contributed by atoms with Crippen molar-refractivity contribution in [1.82, 2.24) is 15.3 Å². The molecule has 2 aromatic carbocycles. The molecule has 0 bridgehead atoms. The van der Waals surface area contributed by atoms with E-state index in [1.54, 1.807) is 18.2 Å². The lowest BCUT2D eigenvalue weighted by Crippen LogP contribution is -2.33. The number of amides is 2. The smallest absolute Gasteiger partial charge is 0.323 e. The predicted molar refractivity (Wildman–Crippen MR) is 86.2 cm³/mol. The highest BCUT2D eigenvalue weighted by molar-refractivity contribution is 6.00. The van der Waals surface area contributed by atoms with Gasteiger partial charge in [0, 0.05) is 11.8 Å². The Morgan fingerprint density at radius 3 is 2.52 bits per heavy atom. The Labute approximate surface area is 139 Å². The first-order valence-electron chi connectivity index (χ1n) is 7.17. The number of halogens is 2. The number of fused-ring (bicyclic) bond motifs is 1. The number of hydrogen-bond donors (Lipinski definition) is 4. The SMILES string of the molecule is O=C(CNC(=O)c1ccc(F)cc1F)Nc1ccc2[nH]c(=O)[nH]c2c1. The van der Waals surface area contributed by atoms with Gasteiger partial charge in [-0.2, -0.15) is 0 Å². The number of carbonyl (C=O) groups is 2. The van der Waals surface area contributed by atoms with Gasteiger partial charge in [0.05, 0.1) is 23.1 Å². The summed E-state index contributed by atoms with van der Waals surface area (Å²) in [6.45, 7) is -0.405. The maximum absolute atomic E-state index is 13.5. The van der Waals surface area contributed by atoms with Gasteiger partial charge in [0.15, 0.2) is 0 Å². The molecular formula is C16H12F2N4O3. The summed E-state index contributed by atoms with van der Waals surface area (Å²) in [5.41, 5.74) is 0.783. The third-order valence-electron chi connectivity index (χ3n) is 3.38. The Kier molecular flexibility index (Phi) is 4.29. The molecule has 0 aliphatic heterocycles. The van der Waals surface area contributed by atoms with E-state index in [4.69, 9.17) is 0 Å². The molecule has 7 nitrogen and oxygen atoms in total. The van der Waals surface area contributed by atoms with Crippen molar-refractivity contribution in [2.45, 2.75) is 0 Å². The zero-order valence-electron chi connectivity index (χ0n) is 12.7. The van der Waals surface area contributed by atoms with Crippen molar-refractivity contribution in [3.8, 4) is 0 Å². The van der Waals surface area contributed by atoms with Crippen LogP contribution < -0.4 is 16.3 Å². The number of carbonyl (C=O) groups excluding carboxylic acids is 2. The Balaban J connectivity index is 1.61. The second-order valence-electron chi connectivity index (χ2n) is 5.19. The highest BCUT2D eigenvalue weighted by Crippen LogP contribution is 2.14. The first-order chi connectivity index (χ1) is 11.9. The number of aromatic amines is 2. The summed E-state index contributed by atoms with van der Waals surface area (Å²) < 4.78 is 26.3. The van der Waals surface area contributed by atoms with E-state index in [-0.39, 0.29) is 11.3 Å². The average Bonchev–Trinajstić information content (AvgIpc) is 2.92. The van der Waals surface area contributed by atoms with Crippen molar-refractivity contribution in [3.63, 3.8) is 0 Å². The van der Waals surface area contributed by atoms with Crippen LogP contribution in [0.4, 0.5) is 14.5 Å². The van der Waals surface area contributed by atoms with Crippen LogP contribution in [0.25, 0.3) is 11.0 Å². The van der Waals surface area contributed by atoms with E-state index < -0.39 is 30.0 Å². The second-order valence-corrected chi connectivity index (χ2v) is 5.19. The minimum Gasteiger partial charge on any atom is -0.343 e. The number of imidazole rings is 1. The third kappa shape index (κ3) is 3.71. The van der Waals surface area contributed by atoms with Crippen LogP contribution in [0.5, 0.6) is 0 Å². The monoisotopic (exact) mass is 346 g/mol. The molecule has 3 rings (SSSR count). The van der Waals surface area contributed by atoms with E-state index >= 15 is 0 Å². The molecule has 128 valence electrons. The summed E-state index contributed by atoms with van der Waals surface area (Å²) in [6, 6.07) is 7.26. The standard InChI is InChI=1S/C16H12F2N4O3/c17-8-1-3-10(11(18)5-8)15(24)19-7-14(23)20-9-2-4-12-13(6-9)22-16(25)21-12/h1-6H,7H2,(H,19,24)(H,20,23)(H2,21,22,25). The Morgan fingerprint density at radius 2 is 1.76 bits per heavy atom. The molecule has 0 saturated carbocycles. The van der Waals surface area contributed by atoms with E-state index in [0.29, 0.717) is 22.8 Å². The zero-order valence-corrected chi connectivity index (χ0v) is 12.7. The van der Waals surface area contributed by atoms with Crippen LogP contribution in [0.2, 0.25) is 0 Å². The largest absolute Gasteiger partial charge is 0.343 e. The first-order valence-corrected chi connectivity index (χ1v) is 7.17. The Hall–Kier alpha value is -3.49. The van der Waals surface area contributed by atoms with E-state index in [2.05, 4.69) is 20.6 Å². The van der Waals surface area contributed by atoms with Crippen molar-refractivity contribution in [2.75, 3.05) is 11.9 Å². The number of hydrogen-bond acceptors (Lipinski definition) is 3. The van der Waals surface area contributed by atoms with Crippen molar-refractivity contribution >= 4 is 28.5 Å². The van der Waals surface area contributed by atoms with Crippen LogP contribution in [-0.4, -0.2) is 28.3 Å². The van der Waals surface area contributed by atoms with Crippen LogP contribution in [0.1, 0.15) is 10.4 Å². The molecule has 3 aromatic rings. The summed E-state index contributed by atoms with van der Waals surface area (Å²) in [7, 11) is 0. The second kappa shape index (κ2) is 6.56. The van der Waals surface area contributed by atoms with E-state index in [1.807, 2.05) is 0 Å². The lowest BCUT2D eigenvalue weighted by atomic mass is 10.2. The molecule has 0 atom stereocenters. The Morgan fingerprint density at radius 1 is 1.00 bits per heavy atom. The number of H-pyrrole nitrogens is 2. The van der Waals surface area contributed by atoms with Crippen LogP contribution >= 0.6 is 0 Å². The quantitative estimate of drug-likeness (QED) is 0.575. The molecule has 0 unspecified atom stereocenters. The fraction of sp³-hybridized carbons (Fsp3) is 0.0625. The normalized spacial score (nSPS) is 10.6. The Bertz CT molecular complexity index is 1030. The molecule has 2 amide bonds. The fourth-order valence-corrected chi connectivity index (χ4v) is 2.24. The summed E-state index contributed by atoms with van der Waals surface area (Å²) in [4.78, 5) is 40.0. The number of rotatable bonds is 4. The van der Waals surface area contributed by atoms with Gasteiger partial charge in [0.2, 0.25) is 5.91 Å². The van der Waals surface area contributed by atoms with Crippen LogP contribution in [0.15, 0.2) is 41.2 Å². The maximum Gasteiger partial charge on any atom is 0.323 e. The van der Waals surface area contributed by atoms with Crippen LogP contribution in [0, 0.1) is 11.6 Å². The number of benzene rings is 2. The van der Waals surface area contributed by atoms with Gasteiger partial charge in [-0.05, 0) is 30.3 Å². The zero-order chi connectivity index (χ0) is 18.0. The molecule has 0 aliphatic rings. The molecule has 1 heterocycles. The van der Waals surface area contributed by atoms with Gasteiger partial charge in [-0.25, -0.2) is 13.6 Å². The van der Waals surface area contributed by atoms with Crippen molar-refractivity contribution in [1.29, 1.82) is 0 Å². The lowest BCUT2D eigenvalue weighted by molar-refractivity contribution is -0.115. The minimum atomic E-state index is -1.01. The molecule has 0 radical (unpaired) electrons. The summed E-state index contributed by atoms with van der Waals surface area (Å²) in [6.07, 6.45) is 0. The van der Waals surface area contributed by atoms with Crippen molar-refractivity contribution < 1.29 is 18.4 Å². The van der Waals surface area contributed by atoms with Gasteiger partial charge < -0.3 is 20.6 Å². The van der Waals surface area contributed by atoms with Crippen LogP contribution in [-0.2, 0) is 4.79 Å². The maximum atomic E-state index is 13.5. The number of aromatic nitrogens is 2. The van der Waals surface area contributed by atoms with Gasteiger partial charge in [0.1, 0.15) is 11.6 Å². The molecule has 0 saturated heterocycles. The molecular weight excluding hydrogens is 334 g/mol. The average molecular weight is 346 g/mol. The summed E-state index contributed by atoms with van der Waals surface area (Å²) >= 11 is 0. The van der Waals surface area contributed by atoms with Gasteiger partial charge >= 0.3 is 5.69 Å². The highest BCUT2D eigenvalue weighted by atomic mass is 19.1. The van der Waals surface area contributed by atoms with E-state index in [1.165, 1.54) is 0 Å². The fourth-order valence-electron chi connectivity index (χ4n) is 2.24. The van der Waals surface area contributed by atoms with Gasteiger partial charge in [0.25, 0.3) is 5.91 Å². The topological polar surface area (TPSA) is 107 Å². The van der Waals surface area contributed by atoms with E-state index in [9.17, 15) is 23.2 Å². The molecule has 0 spiro atoms. The highest BCUT2D eigenvalue weighted by Gasteiger charge is 2.13. The van der Waals surface area contributed by atoms with Gasteiger partial charge in [-0.1, -0.05) is 0 Å². The molecule has 0 fully saturated rings. The lowest BCUT2D eigenvalue weighted by Gasteiger charge is -2.08. The summed E-state index contributed by atoms with van der Waals surface area (Å²) in [5.74, 6) is -3.20. The minimum absolute atomic E-state index is 0.361. The predicted octanol–water partition coefficient (Wildman–Crippen LogP) is 1.50. The summed E-state index contributed by atoms with van der Waals surface area (Å²) in [5, 5.41) is 4.77. The molecule has 9 heteroatoms. The first kappa shape index (κ1) is 16.4. The molecule has 0 aliphatic carbocycles. The molecule has 1 aromatic heterocycles. The molecule has 25 heavy (non-hydrogen) atoms. The number of anilines is 1. The molecule has 4 N–H and O–H groups in total. The third-order valence-corrected chi connectivity index (χ3v) is 3.38.